The predicted molar refractivity (Wildman–Crippen MR) is 96.6 cm³/mol. The molecule has 0 unspecified atom stereocenters. The van der Waals surface area contributed by atoms with E-state index in [4.69, 9.17) is 0 Å². The van der Waals surface area contributed by atoms with Crippen LogP contribution in [-0.2, 0) is 11.3 Å². The summed E-state index contributed by atoms with van der Waals surface area (Å²) in [6.07, 6.45) is 9.18. The number of pyridine rings is 1. The van der Waals surface area contributed by atoms with Crippen molar-refractivity contribution in [2.75, 3.05) is 20.1 Å². The van der Waals surface area contributed by atoms with Gasteiger partial charge in [-0.2, -0.15) is 0 Å². The van der Waals surface area contributed by atoms with E-state index in [1.807, 2.05) is 6.07 Å². The van der Waals surface area contributed by atoms with Gasteiger partial charge in [-0.25, -0.2) is 9.48 Å². The van der Waals surface area contributed by atoms with Crippen LogP contribution in [0.25, 0.3) is 5.65 Å². The van der Waals surface area contributed by atoms with Gasteiger partial charge in [0.1, 0.15) is 6.54 Å². The van der Waals surface area contributed by atoms with E-state index in [1.54, 1.807) is 18.3 Å². The van der Waals surface area contributed by atoms with Crippen molar-refractivity contribution in [3.63, 3.8) is 0 Å². The van der Waals surface area contributed by atoms with Crippen molar-refractivity contribution in [3.05, 3.63) is 34.9 Å². The van der Waals surface area contributed by atoms with Gasteiger partial charge in [-0.3, -0.25) is 9.20 Å². The van der Waals surface area contributed by atoms with E-state index in [0.29, 0.717) is 18.2 Å². The summed E-state index contributed by atoms with van der Waals surface area (Å²) in [6, 6.07) is 6.02. The van der Waals surface area contributed by atoms with E-state index in [2.05, 4.69) is 22.4 Å². The fraction of sp³-hybridized carbons (Fsp3) is 0.611. The lowest BCUT2D eigenvalue weighted by atomic mass is 9.94. The van der Waals surface area contributed by atoms with Crippen molar-refractivity contribution in [2.24, 2.45) is 0 Å². The molecule has 2 aromatic rings. The second-order valence-electron chi connectivity index (χ2n) is 6.85. The lowest BCUT2D eigenvalue weighted by molar-refractivity contribution is -0.121. The number of nitrogens with zero attached hydrogens (tertiary/aromatic N) is 4. The summed E-state index contributed by atoms with van der Waals surface area (Å²) in [6.45, 7) is 1.57. The maximum atomic E-state index is 12.1. The third-order valence-corrected chi connectivity index (χ3v) is 4.99. The number of carbonyl (C=O) groups excluding carboxylic acids is 1. The lowest BCUT2D eigenvalue weighted by Crippen LogP contribution is -2.37. The minimum atomic E-state index is -0.289. The van der Waals surface area contributed by atoms with Gasteiger partial charge in [0, 0.05) is 18.8 Å². The predicted octanol–water partition coefficient (Wildman–Crippen LogP) is 1.27. The first-order valence-corrected chi connectivity index (χ1v) is 9.16. The first kappa shape index (κ1) is 17.7. The number of rotatable bonds is 7. The van der Waals surface area contributed by atoms with Gasteiger partial charge in [0.2, 0.25) is 5.91 Å². The Labute approximate surface area is 147 Å². The van der Waals surface area contributed by atoms with E-state index in [-0.39, 0.29) is 18.1 Å². The number of hydrogen-bond donors (Lipinski definition) is 1. The van der Waals surface area contributed by atoms with Gasteiger partial charge in [-0.1, -0.05) is 25.3 Å². The van der Waals surface area contributed by atoms with Crippen molar-refractivity contribution in [1.29, 1.82) is 0 Å². The largest absolute Gasteiger partial charge is 0.354 e. The van der Waals surface area contributed by atoms with Crippen LogP contribution in [0.2, 0.25) is 0 Å². The number of carbonyl (C=O) groups is 1. The van der Waals surface area contributed by atoms with Crippen molar-refractivity contribution >= 4 is 11.6 Å². The molecular formula is C18H27N5O2. The number of hydrogen-bond acceptors (Lipinski definition) is 4. The Balaban J connectivity index is 1.42. The molecular weight excluding hydrogens is 318 g/mol. The maximum absolute atomic E-state index is 12.1. The third kappa shape index (κ3) is 4.48. The first-order chi connectivity index (χ1) is 12.1. The number of fused-ring (bicyclic) bond motifs is 1. The monoisotopic (exact) mass is 345 g/mol. The zero-order valence-electron chi connectivity index (χ0n) is 14.9. The molecule has 7 heteroatoms. The fourth-order valence-electron chi connectivity index (χ4n) is 3.52. The van der Waals surface area contributed by atoms with Crippen LogP contribution in [0.1, 0.15) is 38.5 Å². The molecule has 1 fully saturated rings. The highest BCUT2D eigenvalue weighted by molar-refractivity contribution is 5.75. The van der Waals surface area contributed by atoms with E-state index in [9.17, 15) is 9.59 Å². The summed E-state index contributed by atoms with van der Waals surface area (Å²) in [7, 11) is 2.17. The summed E-state index contributed by atoms with van der Waals surface area (Å²) in [4.78, 5) is 26.6. The number of aromatic nitrogens is 3. The van der Waals surface area contributed by atoms with Gasteiger partial charge < -0.3 is 10.2 Å². The van der Waals surface area contributed by atoms with E-state index >= 15 is 0 Å². The van der Waals surface area contributed by atoms with Crippen LogP contribution in [0, 0.1) is 0 Å². The molecule has 0 aromatic carbocycles. The summed E-state index contributed by atoms with van der Waals surface area (Å²) in [5.74, 6) is -0.175. The Hall–Kier alpha value is -2.15. The van der Waals surface area contributed by atoms with Gasteiger partial charge >= 0.3 is 5.69 Å². The highest BCUT2D eigenvalue weighted by atomic mass is 16.2. The van der Waals surface area contributed by atoms with E-state index in [0.717, 1.165) is 13.0 Å². The molecule has 0 aliphatic heterocycles. The minimum absolute atomic E-state index is 0.0427. The second-order valence-corrected chi connectivity index (χ2v) is 6.85. The summed E-state index contributed by atoms with van der Waals surface area (Å²) in [5, 5.41) is 7.05. The summed E-state index contributed by atoms with van der Waals surface area (Å²) in [5.41, 5.74) is 0.261. The molecule has 25 heavy (non-hydrogen) atoms. The van der Waals surface area contributed by atoms with Crippen LogP contribution in [0.15, 0.2) is 29.2 Å². The van der Waals surface area contributed by atoms with Gasteiger partial charge in [0.15, 0.2) is 5.65 Å². The van der Waals surface area contributed by atoms with Gasteiger partial charge in [0.05, 0.1) is 0 Å². The van der Waals surface area contributed by atoms with Crippen molar-refractivity contribution in [2.45, 2.75) is 51.1 Å². The zero-order chi connectivity index (χ0) is 17.6. The molecule has 0 saturated heterocycles. The van der Waals surface area contributed by atoms with Crippen molar-refractivity contribution < 1.29 is 4.79 Å². The van der Waals surface area contributed by atoms with Crippen LogP contribution < -0.4 is 11.0 Å². The molecule has 0 atom stereocenters. The number of nitrogens with one attached hydrogen (secondary N) is 1. The Kier molecular flexibility index (Phi) is 5.86. The zero-order valence-corrected chi connectivity index (χ0v) is 14.9. The lowest BCUT2D eigenvalue weighted by Gasteiger charge is -2.31. The van der Waals surface area contributed by atoms with Gasteiger partial charge in [0.25, 0.3) is 0 Å². The average Bonchev–Trinajstić information content (AvgIpc) is 2.95. The first-order valence-electron chi connectivity index (χ1n) is 9.16. The van der Waals surface area contributed by atoms with Crippen LogP contribution >= 0.6 is 0 Å². The number of amides is 1. The molecule has 2 aromatic heterocycles. The fourth-order valence-corrected chi connectivity index (χ4v) is 3.52. The van der Waals surface area contributed by atoms with Crippen LogP contribution in [0.4, 0.5) is 0 Å². The summed E-state index contributed by atoms with van der Waals surface area (Å²) >= 11 is 0. The molecule has 0 spiro atoms. The Bertz CT molecular complexity index is 760. The second kappa shape index (κ2) is 8.29. The molecule has 2 heterocycles. The summed E-state index contributed by atoms with van der Waals surface area (Å²) < 4.78 is 2.64. The topological polar surface area (TPSA) is 71.6 Å². The highest BCUT2D eigenvalue weighted by Gasteiger charge is 2.17. The standard InChI is InChI=1S/C18H27N5O2/c1-21(15-8-3-2-4-9-15)12-7-11-19-17(24)14-23-18(25)22-13-6-5-10-16(22)20-23/h5-6,10,13,15H,2-4,7-9,11-12,14H2,1H3,(H,19,24). The van der Waals surface area contributed by atoms with Crippen LogP contribution in [0.5, 0.6) is 0 Å². The molecule has 1 saturated carbocycles. The van der Waals surface area contributed by atoms with Crippen LogP contribution in [0.3, 0.4) is 0 Å². The molecule has 0 bridgehead atoms. The van der Waals surface area contributed by atoms with Crippen molar-refractivity contribution in [1.82, 2.24) is 24.4 Å². The average molecular weight is 345 g/mol. The Morgan fingerprint density at radius 2 is 2.12 bits per heavy atom. The molecule has 1 amide bonds. The minimum Gasteiger partial charge on any atom is -0.354 e. The Morgan fingerprint density at radius 1 is 1.32 bits per heavy atom. The Morgan fingerprint density at radius 3 is 2.88 bits per heavy atom. The molecule has 1 aliphatic rings. The van der Waals surface area contributed by atoms with Crippen LogP contribution in [-0.4, -0.2) is 51.2 Å². The molecule has 1 N–H and O–H groups in total. The third-order valence-electron chi connectivity index (χ3n) is 4.99. The van der Waals surface area contributed by atoms with E-state index < -0.39 is 0 Å². The van der Waals surface area contributed by atoms with Crippen molar-refractivity contribution in [3.8, 4) is 0 Å². The molecule has 3 rings (SSSR count). The molecule has 0 radical (unpaired) electrons. The smallest absolute Gasteiger partial charge is 0.350 e. The quantitative estimate of drug-likeness (QED) is 0.767. The molecule has 1 aliphatic carbocycles. The molecule has 136 valence electrons. The van der Waals surface area contributed by atoms with Gasteiger partial charge in [-0.05, 0) is 45.0 Å². The SMILES string of the molecule is CN(CCCNC(=O)Cn1nc2ccccn2c1=O)C1CCCCC1. The maximum Gasteiger partial charge on any atom is 0.350 e. The highest BCUT2D eigenvalue weighted by Crippen LogP contribution is 2.21. The molecule has 7 nitrogen and oxygen atoms in total. The van der Waals surface area contributed by atoms with Gasteiger partial charge in [-0.15, -0.1) is 5.10 Å². The normalized spacial score (nSPS) is 15.8. The van der Waals surface area contributed by atoms with E-state index in [1.165, 1.54) is 41.2 Å².